The lowest BCUT2D eigenvalue weighted by atomic mass is 9.81. The number of ether oxygens (including phenoxy) is 1. The Morgan fingerprint density at radius 2 is 1.65 bits per heavy atom. The molecule has 2 aromatic heterocycles. The number of aromatic nitrogens is 3. The monoisotopic (exact) mass is 677 g/mol. The number of halogens is 1. The summed E-state index contributed by atoms with van der Waals surface area (Å²) in [6, 6.07) is 17.3. The number of nitrogens with one attached hydrogen (secondary N) is 1. The Bertz CT molecular complexity index is 1670. The van der Waals surface area contributed by atoms with Crippen LogP contribution in [0.15, 0.2) is 76.2 Å². The maximum Gasteiger partial charge on any atom is 0.439 e. The Kier molecular flexibility index (Phi) is 13.0. The standard InChI is InChI=1S/C35H43N7O5.ClH/c1-41(2)18-3-19-46-31-17-14-28(22-38-31)25-8-4-23(5-9-25)20-30(37)34(44)42(33(43)27-10-6-24(21-36)7-11-27)29-15-12-26(13-16-29)32-39-35(45)47-40-32;/h4-5,8-9,12-17,22,24,27,30H,3,6-7,10-11,18-21,36-37H2,1-2H3,(H,39,40,45);1H/t24?,27?,30-;/m0./s1. The molecule has 0 saturated heterocycles. The first-order valence-corrected chi connectivity index (χ1v) is 16.0. The molecule has 1 fully saturated rings. The number of hydrogen-bond acceptors (Lipinski definition) is 10. The molecule has 48 heavy (non-hydrogen) atoms. The second-order valence-corrected chi connectivity index (χ2v) is 12.4. The minimum absolute atomic E-state index is 0. The van der Waals surface area contributed by atoms with Gasteiger partial charge in [-0.15, -0.1) is 12.4 Å². The lowest BCUT2D eigenvalue weighted by Gasteiger charge is -2.32. The Morgan fingerprint density at radius 3 is 2.23 bits per heavy atom. The Labute approximate surface area is 286 Å². The number of nitrogens with zero attached hydrogens (tertiary/aromatic N) is 4. The SMILES string of the molecule is CN(C)CCCOc1ccc(-c2ccc(C[C@H](N)C(=O)N(C(=O)C3CCC(CN)CC3)c3ccc(-c4noc(=O)[nH]4)cc3)cc2)cn1.Cl. The Balaban J connectivity index is 0.00000520. The third-order valence-corrected chi connectivity index (χ3v) is 8.61. The van der Waals surface area contributed by atoms with E-state index in [0.29, 0.717) is 49.0 Å². The van der Waals surface area contributed by atoms with Gasteiger partial charge in [0.25, 0.3) is 5.91 Å². The fourth-order valence-electron chi connectivity index (χ4n) is 5.85. The molecule has 4 aromatic rings. The Hall–Kier alpha value is -4.36. The fraction of sp³-hybridized carbons (Fsp3) is 0.400. The zero-order valence-electron chi connectivity index (χ0n) is 27.3. The van der Waals surface area contributed by atoms with Crippen molar-refractivity contribution in [3.63, 3.8) is 0 Å². The average Bonchev–Trinajstić information content (AvgIpc) is 3.53. The molecule has 12 nitrogen and oxygen atoms in total. The highest BCUT2D eigenvalue weighted by atomic mass is 35.5. The molecular weight excluding hydrogens is 634 g/mol. The van der Waals surface area contributed by atoms with Crippen molar-refractivity contribution in [2.45, 2.75) is 44.6 Å². The van der Waals surface area contributed by atoms with Crippen LogP contribution in [0.2, 0.25) is 0 Å². The molecule has 5 N–H and O–H groups in total. The van der Waals surface area contributed by atoms with Gasteiger partial charge in [-0.25, -0.2) is 14.7 Å². The van der Waals surface area contributed by atoms with Crippen LogP contribution in [-0.2, 0) is 16.0 Å². The van der Waals surface area contributed by atoms with Gasteiger partial charge in [0, 0.05) is 35.9 Å². The minimum Gasteiger partial charge on any atom is -0.478 e. The van der Waals surface area contributed by atoms with Crippen LogP contribution in [0.4, 0.5) is 5.69 Å². The summed E-state index contributed by atoms with van der Waals surface area (Å²) in [6.45, 7) is 2.14. The van der Waals surface area contributed by atoms with Crippen LogP contribution < -0.4 is 26.9 Å². The third-order valence-electron chi connectivity index (χ3n) is 8.61. The van der Waals surface area contributed by atoms with Gasteiger partial charge in [0.05, 0.1) is 18.3 Å². The number of benzene rings is 2. The molecule has 0 spiro atoms. The van der Waals surface area contributed by atoms with Crippen molar-refractivity contribution in [1.29, 1.82) is 0 Å². The normalized spacial score (nSPS) is 16.6. The van der Waals surface area contributed by atoms with E-state index in [0.717, 1.165) is 42.5 Å². The molecule has 0 aliphatic heterocycles. The lowest BCUT2D eigenvalue weighted by Crippen LogP contribution is -2.50. The van der Waals surface area contributed by atoms with Crippen LogP contribution in [0.3, 0.4) is 0 Å². The molecule has 1 saturated carbocycles. The predicted molar refractivity (Wildman–Crippen MR) is 187 cm³/mol. The first-order chi connectivity index (χ1) is 22.7. The van der Waals surface area contributed by atoms with Gasteiger partial charge in [-0.1, -0.05) is 29.4 Å². The van der Waals surface area contributed by atoms with E-state index in [9.17, 15) is 14.4 Å². The number of carbonyl (C=O) groups excluding carboxylic acids is 2. The summed E-state index contributed by atoms with van der Waals surface area (Å²) < 4.78 is 10.3. The number of hydrogen-bond donors (Lipinski definition) is 3. The van der Waals surface area contributed by atoms with E-state index in [-0.39, 0.29) is 36.5 Å². The van der Waals surface area contributed by atoms with Crippen molar-refractivity contribution >= 4 is 29.9 Å². The number of carbonyl (C=O) groups is 2. The summed E-state index contributed by atoms with van der Waals surface area (Å²) in [5, 5.41) is 3.71. The van der Waals surface area contributed by atoms with E-state index < -0.39 is 17.7 Å². The molecular formula is C35H44ClN7O5. The van der Waals surface area contributed by atoms with Crippen LogP contribution >= 0.6 is 12.4 Å². The van der Waals surface area contributed by atoms with Gasteiger partial charge < -0.3 is 21.1 Å². The Morgan fingerprint density at radius 1 is 0.979 bits per heavy atom. The predicted octanol–water partition coefficient (Wildman–Crippen LogP) is 4.04. The molecule has 256 valence electrons. The second kappa shape index (κ2) is 17.2. The molecule has 2 aromatic carbocycles. The molecule has 0 radical (unpaired) electrons. The molecule has 0 bridgehead atoms. The van der Waals surface area contributed by atoms with Crippen molar-refractivity contribution in [2.24, 2.45) is 23.3 Å². The molecule has 5 rings (SSSR count). The zero-order valence-corrected chi connectivity index (χ0v) is 28.2. The van der Waals surface area contributed by atoms with Crippen LogP contribution in [0.25, 0.3) is 22.5 Å². The maximum atomic E-state index is 13.9. The second-order valence-electron chi connectivity index (χ2n) is 12.4. The van der Waals surface area contributed by atoms with Crippen molar-refractivity contribution in [3.8, 4) is 28.4 Å². The van der Waals surface area contributed by atoms with E-state index in [4.69, 9.17) is 16.2 Å². The highest BCUT2D eigenvalue weighted by Crippen LogP contribution is 2.32. The number of amides is 2. The van der Waals surface area contributed by atoms with Crippen LogP contribution in [0, 0.1) is 11.8 Å². The first kappa shape index (κ1) is 36.5. The molecule has 0 unspecified atom stereocenters. The van der Waals surface area contributed by atoms with E-state index in [2.05, 4.69) is 24.5 Å². The van der Waals surface area contributed by atoms with E-state index in [1.807, 2.05) is 50.5 Å². The van der Waals surface area contributed by atoms with Gasteiger partial charge in [-0.2, -0.15) is 0 Å². The summed E-state index contributed by atoms with van der Waals surface area (Å²) in [7, 11) is 4.06. The molecule has 1 aliphatic rings. The highest BCUT2D eigenvalue weighted by Gasteiger charge is 2.35. The zero-order chi connectivity index (χ0) is 33.3. The van der Waals surface area contributed by atoms with E-state index in [1.165, 1.54) is 4.90 Å². The fourth-order valence-corrected chi connectivity index (χ4v) is 5.85. The average molecular weight is 678 g/mol. The number of pyridine rings is 1. The summed E-state index contributed by atoms with van der Waals surface area (Å²) in [6.07, 6.45) is 5.96. The maximum absolute atomic E-state index is 13.9. The first-order valence-electron chi connectivity index (χ1n) is 16.0. The third kappa shape index (κ3) is 9.38. The van der Waals surface area contributed by atoms with Gasteiger partial charge in [-0.3, -0.25) is 19.1 Å². The van der Waals surface area contributed by atoms with E-state index >= 15 is 0 Å². The number of nitrogens with two attached hydrogens (primary N) is 2. The van der Waals surface area contributed by atoms with E-state index in [1.54, 1.807) is 30.5 Å². The lowest BCUT2D eigenvalue weighted by molar-refractivity contribution is -0.130. The molecule has 1 aliphatic carbocycles. The van der Waals surface area contributed by atoms with Crippen LogP contribution in [0.5, 0.6) is 5.88 Å². The molecule has 1 atom stereocenters. The van der Waals surface area contributed by atoms with Gasteiger partial charge >= 0.3 is 5.76 Å². The topological polar surface area (TPSA) is 174 Å². The van der Waals surface area contributed by atoms with Crippen LogP contribution in [0.1, 0.15) is 37.7 Å². The van der Waals surface area contributed by atoms with Gasteiger partial charge in [0.2, 0.25) is 11.8 Å². The smallest absolute Gasteiger partial charge is 0.439 e. The van der Waals surface area contributed by atoms with Gasteiger partial charge in [-0.05, 0) is 107 Å². The highest BCUT2D eigenvalue weighted by molar-refractivity contribution is 6.17. The molecule has 2 heterocycles. The number of rotatable bonds is 13. The van der Waals surface area contributed by atoms with Gasteiger partial charge in [0.1, 0.15) is 0 Å². The van der Waals surface area contributed by atoms with Crippen molar-refractivity contribution in [1.82, 2.24) is 20.0 Å². The summed E-state index contributed by atoms with van der Waals surface area (Å²) in [5.74, 6) is -0.497. The summed E-state index contributed by atoms with van der Waals surface area (Å²) in [5.41, 5.74) is 16.1. The largest absolute Gasteiger partial charge is 0.478 e. The quantitative estimate of drug-likeness (QED) is 0.175. The summed E-state index contributed by atoms with van der Waals surface area (Å²) in [4.78, 5) is 49.5. The van der Waals surface area contributed by atoms with Crippen molar-refractivity contribution in [3.05, 3.63) is 83.0 Å². The number of H-pyrrole nitrogens is 1. The molecule has 2 amide bonds. The van der Waals surface area contributed by atoms with Crippen molar-refractivity contribution < 1.29 is 18.8 Å². The van der Waals surface area contributed by atoms with Crippen molar-refractivity contribution in [2.75, 3.05) is 38.7 Å². The number of aromatic amines is 1. The number of anilines is 1. The molecule has 13 heteroatoms. The summed E-state index contributed by atoms with van der Waals surface area (Å²) >= 11 is 0. The number of imide groups is 1. The van der Waals surface area contributed by atoms with Crippen LogP contribution in [-0.4, -0.2) is 71.7 Å². The minimum atomic E-state index is -0.956. The van der Waals surface area contributed by atoms with Gasteiger partial charge in [0.15, 0.2) is 5.82 Å².